The first-order valence-corrected chi connectivity index (χ1v) is 9.96. The summed E-state index contributed by atoms with van der Waals surface area (Å²) in [5, 5.41) is 9.96. The van der Waals surface area contributed by atoms with Gasteiger partial charge >= 0.3 is 0 Å². The van der Waals surface area contributed by atoms with Crippen LogP contribution in [0.15, 0.2) is 53.3 Å². The SMILES string of the molecule is N#Cc1ccc(C2=CCN(CCCc3cc4ccc(F)cc4c(=O)[nH]3)CC2)cc1F. The lowest BCUT2D eigenvalue weighted by Crippen LogP contribution is -2.29. The molecule has 1 aliphatic heterocycles. The van der Waals surface area contributed by atoms with E-state index in [2.05, 4.69) is 16.0 Å². The molecule has 30 heavy (non-hydrogen) atoms. The maximum atomic E-state index is 13.9. The molecule has 152 valence electrons. The van der Waals surface area contributed by atoms with Gasteiger partial charge in [0.15, 0.2) is 0 Å². The topological polar surface area (TPSA) is 59.9 Å². The number of nitriles is 1. The third-order valence-electron chi connectivity index (χ3n) is 5.54. The zero-order chi connectivity index (χ0) is 21.1. The van der Waals surface area contributed by atoms with E-state index in [4.69, 9.17) is 5.26 Å². The number of nitrogens with zero attached hydrogens (tertiary/aromatic N) is 2. The Labute approximate surface area is 173 Å². The first kappa shape index (κ1) is 20.0. The molecule has 0 spiro atoms. The third kappa shape index (κ3) is 4.32. The Bertz CT molecular complexity index is 1220. The highest BCUT2D eigenvalue weighted by atomic mass is 19.1. The number of aryl methyl sites for hydroxylation is 1. The van der Waals surface area contributed by atoms with E-state index >= 15 is 0 Å². The van der Waals surface area contributed by atoms with Crippen molar-refractivity contribution >= 4 is 16.3 Å². The second kappa shape index (κ2) is 8.60. The highest BCUT2D eigenvalue weighted by molar-refractivity contribution is 5.81. The predicted molar refractivity (Wildman–Crippen MR) is 113 cm³/mol. The van der Waals surface area contributed by atoms with Crippen molar-refractivity contribution in [3.05, 3.63) is 87.3 Å². The fourth-order valence-corrected chi connectivity index (χ4v) is 3.90. The van der Waals surface area contributed by atoms with Gasteiger partial charge in [-0.05, 0) is 72.7 Å². The molecular formula is C24H21F2N3O. The van der Waals surface area contributed by atoms with Gasteiger partial charge in [-0.1, -0.05) is 18.2 Å². The molecule has 0 bridgehead atoms. The summed E-state index contributed by atoms with van der Waals surface area (Å²) in [6, 6.07) is 12.8. The number of halogens is 2. The average molecular weight is 405 g/mol. The molecule has 0 amide bonds. The zero-order valence-corrected chi connectivity index (χ0v) is 16.4. The molecule has 4 rings (SSSR count). The number of benzene rings is 2. The van der Waals surface area contributed by atoms with Crippen LogP contribution in [-0.4, -0.2) is 29.5 Å². The molecule has 6 heteroatoms. The Kier molecular flexibility index (Phi) is 5.73. The fraction of sp³-hybridized carbons (Fsp3) is 0.250. The third-order valence-corrected chi connectivity index (χ3v) is 5.54. The Balaban J connectivity index is 1.34. The van der Waals surface area contributed by atoms with Crippen LogP contribution in [0.5, 0.6) is 0 Å². The largest absolute Gasteiger partial charge is 0.326 e. The molecular weight excluding hydrogens is 384 g/mol. The lowest BCUT2D eigenvalue weighted by atomic mass is 9.98. The van der Waals surface area contributed by atoms with Crippen molar-refractivity contribution in [2.75, 3.05) is 19.6 Å². The Morgan fingerprint density at radius 1 is 1.13 bits per heavy atom. The van der Waals surface area contributed by atoms with Gasteiger partial charge in [-0.15, -0.1) is 0 Å². The van der Waals surface area contributed by atoms with Gasteiger partial charge in [0, 0.05) is 24.2 Å². The number of hydrogen-bond acceptors (Lipinski definition) is 3. The summed E-state index contributed by atoms with van der Waals surface area (Å²) in [6.07, 6.45) is 4.55. The number of hydrogen-bond donors (Lipinski definition) is 1. The first-order chi connectivity index (χ1) is 14.5. The Hall–Kier alpha value is -3.30. The van der Waals surface area contributed by atoms with Gasteiger partial charge in [0.05, 0.1) is 5.56 Å². The number of nitrogens with one attached hydrogen (secondary N) is 1. The maximum absolute atomic E-state index is 13.9. The van der Waals surface area contributed by atoms with Crippen molar-refractivity contribution in [1.29, 1.82) is 5.26 Å². The monoisotopic (exact) mass is 405 g/mol. The zero-order valence-electron chi connectivity index (χ0n) is 16.4. The van der Waals surface area contributed by atoms with Crippen LogP contribution in [0.4, 0.5) is 8.78 Å². The molecule has 0 unspecified atom stereocenters. The lowest BCUT2D eigenvalue weighted by molar-refractivity contribution is 0.297. The van der Waals surface area contributed by atoms with Crippen LogP contribution < -0.4 is 5.56 Å². The second-order valence-corrected chi connectivity index (χ2v) is 7.55. The van der Waals surface area contributed by atoms with E-state index in [1.807, 2.05) is 12.1 Å². The van der Waals surface area contributed by atoms with Crippen molar-refractivity contribution in [2.24, 2.45) is 0 Å². The maximum Gasteiger partial charge on any atom is 0.256 e. The van der Waals surface area contributed by atoms with Crippen molar-refractivity contribution in [3.8, 4) is 6.07 Å². The molecule has 2 heterocycles. The molecule has 1 N–H and O–H groups in total. The van der Waals surface area contributed by atoms with Crippen LogP contribution in [-0.2, 0) is 6.42 Å². The van der Waals surface area contributed by atoms with Crippen molar-refractivity contribution in [3.63, 3.8) is 0 Å². The number of aromatic amines is 1. The molecule has 0 fully saturated rings. The van der Waals surface area contributed by atoms with Crippen molar-refractivity contribution in [2.45, 2.75) is 19.3 Å². The Morgan fingerprint density at radius 3 is 2.73 bits per heavy atom. The van der Waals surface area contributed by atoms with Gasteiger partial charge in [-0.25, -0.2) is 8.78 Å². The smallest absolute Gasteiger partial charge is 0.256 e. The average Bonchev–Trinajstić information content (AvgIpc) is 2.75. The standard InChI is InChI=1S/C24H21F2N3O/c25-20-6-5-18-12-21(28-24(30)22(18)14-20)2-1-9-29-10-7-16(8-11-29)17-3-4-19(15-27)23(26)13-17/h3-7,12-14H,1-2,8-11H2,(H,28,30). The van der Waals surface area contributed by atoms with Gasteiger partial charge in [-0.2, -0.15) is 5.26 Å². The summed E-state index contributed by atoms with van der Waals surface area (Å²) >= 11 is 0. The van der Waals surface area contributed by atoms with Gasteiger partial charge in [0.25, 0.3) is 5.56 Å². The van der Waals surface area contributed by atoms with E-state index < -0.39 is 11.6 Å². The number of H-pyrrole nitrogens is 1. The molecule has 4 nitrogen and oxygen atoms in total. The first-order valence-electron chi connectivity index (χ1n) is 9.96. The van der Waals surface area contributed by atoms with Gasteiger partial charge in [0.1, 0.15) is 17.7 Å². The van der Waals surface area contributed by atoms with Crippen LogP contribution in [0.3, 0.4) is 0 Å². The van der Waals surface area contributed by atoms with Crippen LogP contribution in [0.2, 0.25) is 0 Å². The molecule has 1 aliphatic rings. The number of rotatable bonds is 5. The predicted octanol–water partition coefficient (Wildman–Crippen LogP) is 4.40. The van der Waals surface area contributed by atoms with E-state index in [1.54, 1.807) is 12.1 Å². The van der Waals surface area contributed by atoms with Crippen molar-refractivity contribution in [1.82, 2.24) is 9.88 Å². The second-order valence-electron chi connectivity index (χ2n) is 7.55. The summed E-state index contributed by atoms with van der Waals surface area (Å²) in [4.78, 5) is 17.3. The quantitative estimate of drug-likeness (QED) is 0.685. The van der Waals surface area contributed by atoms with E-state index in [1.165, 1.54) is 24.3 Å². The summed E-state index contributed by atoms with van der Waals surface area (Å²) in [5.74, 6) is -0.896. The molecule has 3 aromatic rings. The normalized spacial score (nSPS) is 14.5. The van der Waals surface area contributed by atoms with E-state index in [0.717, 1.165) is 61.1 Å². The Morgan fingerprint density at radius 2 is 2.00 bits per heavy atom. The molecule has 1 aromatic heterocycles. The van der Waals surface area contributed by atoms with Gasteiger partial charge < -0.3 is 4.98 Å². The number of aromatic nitrogens is 1. The van der Waals surface area contributed by atoms with E-state index in [-0.39, 0.29) is 11.1 Å². The minimum atomic E-state index is -0.481. The van der Waals surface area contributed by atoms with Gasteiger partial charge in [-0.3, -0.25) is 9.69 Å². The number of pyridine rings is 1. The number of fused-ring (bicyclic) bond motifs is 1. The molecule has 0 atom stereocenters. The van der Waals surface area contributed by atoms with Crippen LogP contribution in [0, 0.1) is 23.0 Å². The summed E-state index contributed by atoms with van der Waals surface area (Å²) in [6.45, 7) is 2.54. The van der Waals surface area contributed by atoms with E-state index in [0.29, 0.717) is 5.39 Å². The molecule has 0 radical (unpaired) electrons. The fourth-order valence-electron chi connectivity index (χ4n) is 3.90. The summed E-state index contributed by atoms with van der Waals surface area (Å²) < 4.78 is 27.2. The van der Waals surface area contributed by atoms with Crippen molar-refractivity contribution < 1.29 is 8.78 Å². The highest BCUT2D eigenvalue weighted by Crippen LogP contribution is 2.24. The molecule has 0 aliphatic carbocycles. The summed E-state index contributed by atoms with van der Waals surface area (Å²) in [7, 11) is 0. The molecule has 0 saturated carbocycles. The molecule has 2 aromatic carbocycles. The lowest BCUT2D eigenvalue weighted by Gasteiger charge is -2.26. The van der Waals surface area contributed by atoms with Crippen LogP contribution >= 0.6 is 0 Å². The van der Waals surface area contributed by atoms with E-state index in [9.17, 15) is 13.6 Å². The van der Waals surface area contributed by atoms with Crippen LogP contribution in [0.1, 0.15) is 29.7 Å². The minimum Gasteiger partial charge on any atom is -0.326 e. The van der Waals surface area contributed by atoms with Gasteiger partial charge in [0.2, 0.25) is 0 Å². The molecule has 0 saturated heterocycles. The summed E-state index contributed by atoms with van der Waals surface area (Å²) in [5.41, 5.74) is 2.58. The minimum absolute atomic E-state index is 0.0636. The van der Waals surface area contributed by atoms with Crippen LogP contribution in [0.25, 0.3) is 16.3 Å². The highest BCUT2D eigenvalue weighted by Gasteiger charge is 2.14.